The lowest BCUT2D eigenvalue weighted by atomic mass is 9.87. The second-order valence-electron chi connectivity index (χ2n) is 5.38. The van der Waals surface area contributed by atoms with Gasteiger partial charge in [-0.1, -0.05) is 0 Å². The Hall–Kier alpha value is -2.23. The number of anilines is 1. The van der Waals surface area contributed by atoms with Crippen LogP contribution < -0.4 is 5.32 Å². The van der Waals surface area contributed by atoms with Gasteiger partial charge in [0, 0.05) is 34.9 Å². The molecule has 1 amide bonds. The zero-order chi connectivity index (χ0) is 13.6. The van der Waals surface area contributed by atoms with Crippen LogP contribution in [0.5, 0.6) is 0 Å². The van der Waals surface area contributed by atoms with E-state index < -0.39 is 5.41 Å². The number of amides is 1. The molecule has 0 bridgehead atoms. The summed E-state index contributed by atoms with van der Waals surface area (Å²) in [5.74, 6) is 0.0171. The Morgan fingerprint density at radius 1 is 1.16 bits per heavy atom. The maximum atomic E-state index is 11.9. The molecule has 1 N–H and O–H groups in total. The minimum Gasteiger partial charge on any atom is -0.325 e. The van der Waals surface area contributed by atoms with Crippen LogP contribution >= 0.6 is 0 Å². The molecule has 96 valence electrons. The molecule has 1 aliphatic heterocycles. The summed E-state index contributed by atoms with van der Waals surface area (Å²) in [4.78, 5) is 20.6. The van der Waals surface area contributed by atoms with E-state index in [1.807, 2.05) is 39.0 Å². The highest BCUT2D eigenvalue weighted by molar-refractivity contribution is 6.05. The summed E-state index contributed by atoms with van der Waals surface area (Å²) < 4.78 is 0. The molecule has 3 heterocycles. The zero-order valence-corrected chi connectivity index (χ0v) is 11.2. The number of aromatic nitrogens is 2. The van der Waals surface area contributed by atoms with Crippen LogP contribution in [-0.2, 0) is 10.2 Å². The third-order valence-electron chi connectivity index (χ3n) is 3.60. The number of rotatable bonds is 1. The molecule has 0 spiro atoms. The van der Waals surface area contributed by atoms with Crippen molar-refractivity contribution >= 4 is 11.6 Å². The Labute approximate surface area is 111 Å². The Balaban J connectivity index is 2.07. The summed E-state index contributed by atoms with van der Waals surface area (Å²) in [6.07, 6.45) is 3.58. The summed E-state index contributed by atoms with van der Waals surface area (Å²) >= 11 is 0. The Kier molecular flexibility index (Phi) is 2.42. The summed E-state index contributed by atoms with van der Waals surface area (Å²) in [5.41, 5.74) is 4.03. The molecule has 4 nitrogen and oxygen atoms in total. The molecule has 0 aromatic carbocycles. The number of pyridine rings is 2. The van der Waals surface area contributed by atoms with Crippen molar-refractivity contribution in [2.45, 2.75) is 26.2 Å². The van der Waals surface area contributed by atoms with E-state index in [-0.39, 0.29) is 5.91 Å². The minimum atomic E-state index is -0.508. The fraction of sp³-hybridized carbons (Fsp3) is 0.267. The van der Waals surface area contributed by atoms with Gasteiger partial charge >= 0.3 is 0 Å². The molecule has 0 aliphatic carbocycles. The molecule has 4 heteroatoms. The van der Waals surface area contributed by atoms with Crippen molar-refractivity contribution in [2.24, 2.45) is 0 Å². The average molecular weight is 253 g/mol. The first-order chi connectivity index (χ1) is 8.98. The summed E-state index contributed by atoms with van der Waals surface area (Å²) in [6.45, 7) is 5.76. The van der Waals surface area contributed by atoms with Crippen molar-refractivity contribution in [3.05, 3.63) is 41.9 Å². The smallest absolute Gasteiger partial charge is 0.234 e. The fourth-order valence-electron chi connectivity index (χ4n) is 2.23. The first kappa shape index (κ1) is 11.8. The van der Waals surface area contributed by atoms with Crippen LogP contribution in [0.25, 0.3) is 11.3 Å². The number of carbonyl (C=O) groups excluding carboxylic acids is 1. The third kappa shape index (κ3) is 1.80. The van der Waals surface area contributed by atoms with E-state index in [2.05, 4.69) is 15.3 Å². The molecular formula is C15H15N3O. The number of fused-ring (bicyclic) bond motifs is 1. The van der Waals surface area contributed by atoms with Crippen LogP contribution in [0, 0.1) is 6.92 Å². The van der Waals surface area contributed by atoms with Gasteiger partial charge in [0.1, 0.15) is 0 Å². The first-order valence-corrected chi connectivity index (χ1v) is 6.23. The van der Waals surface area contributed by atoms with E-state index in [1.54, 1.807) is 12.4 Å². The van der Waals surface area contributed by atoms with Crippen molar-refractivity contribution in [2.75, 3.05) is 5.32 Å². The highest BCUT2D eigenvalue weighted by Gasteiger charge is 2.38. The number of nitrogens with one attached hydrogen (secondary N) is 1. The van der Waals surface area contributed by atoms with Gasteiger partial charge in [0.15, 0.2) is 0 Å². The maximum Gasteiger partial charge on any atom is 0.234 e. The van der Waals surface area contributed by atoms with Crippen molar-refractivity contribution in [1.82, 2.24) is 9.97 Å². The Morgan fingerprint density at radius 2 is 1.95 bits per heavy atom. The van der Waals surface area contributed by atoms with E-state index in [4.69, 9.17) is 0 Å². The highest BCUT2D eigenvalue weighted by atomic mass is 16.2. The molecule has 1 aliphatic rings. The lowest BCUT2D eigenvalue weighted by Crippen LogP contribution is -2.26. The van der Waals surface area contributed by atoms with Gasteiger partial charge in [-0.2, -0.15) is 0 Å². The molecule has 0 atom stereocenters. The van der Waals surface area contributed by atoms with Gasteiger partial charge in [0.2, 0.25) is 5.91 Å². The number of hydrogen-bond acceptors (Lipinski definition) is 3. The predicted octanol–water partition coefficient (Wildman–Crippen LogP) is 2.68. The molecular weight excluding hydrogens is 238 g/mol. The zero-order valence-electron chi connectivity index (χ0n) is 11.2. The van der Waals surface area contributed by atoms with Gasteiger partial charge in [0.05, 0.1) is 11.1 Å². The topological polar surface area (TPSA) is 54.9 Å². The van der Waals surface area contributed by atoms with E-state index in [0.717, 1.165) is 28.2 Å². The van der Waals surface area contributed by atoms with Crippen molar-refractivity contribution in [3.63, 3.8) is 0 Å². The van der Waals surface area contributed by atoms with Crippen LogP contribution in [-0.4, -0.2) is 15.9 Å². The minimum absolute atomic E-state index is 0.0171. The maximum absolute atomic E-state index is 11.9. The monoisotopic (exact) mass is 253 g/mol. The van der Waals surface area contributed by atoms with Crippen LogP contribution in [0.2, 0.25) is 0 Å². The third-order valence-corrected chi connectivity index (χ3v) is 3.60. The Bertz CT molecular complexity index is 660. The van der Waals surface area contributed by atoms with Gasteiger partial charge in [-0.15, -0.1) is 0 Å². The molecule has 0 saturated carbocycles. The molecule has 2 aromatic rings. The van der Waals surface area contributed by atoms with Gasteiger partial charge in [-0.3, -0.25) is 14.8 Å². The predicted molar refractivity (Wildman–Crippen MR) is 73.9 cm³/mol. The second-order valence-corrected chi connectivity index (χ2v) is 5.38. The highest BCUT2D eigenvalue weighted by Crippen LogP contribution is 2.38. The SMILES string of the molecule is Cc1ccc(-c2cc3c(cn2)C(C)(C)C(=O)N3)cn1. The Morgan fingerprint density at radius 3 is 2.63 bits per heavy atom. The van der Waals surface area contributed by atoms with E-state index in [1.165, 1.54) is 0 Å². The summed E-state index contributed by atoms with van der Waals surface area (Å²) in [5, 5.41) is 2.91. The van der Waals surface area contributed by atoms with Gasteiger partial charge in [-0.05, 0) is 39.0 Å². The lowest BCUT2D eigenvalue weighted by Gasteiger charge is -2.14. The van der Waals surface area contributed by atoms with Gasteiger partial charge in [-0.25, -0.2) is 0 Å². The second kappa shape index (κ2) is 3.88. The number of hydrogen-bond donors (Lipinski definition) is 1. The average Bonchev–Trinajstić information content (AvgIpc) is 2.61. The van der Waals surface area contributed by atoms with E-state index in [9.17, 15) is 4.79 Å². The van der Waals surface area contributed by atoms with Crippen LogP contribution in [0.3, 0.4) is 0 Å². The number of nitrogens with zero attached hydrogens (tertiary/aromatic N) is 2. The van der Waals surface area contributed by atoms with E-state index >= 15 is 0 Å². The van der Waals surface area contributed by atoms with Crippen molar-refractivity contribution in [1.29, 1.82) is 0 Å². The molecule has 0 fully saturated rings. The first-order valence-electron chi connectivity index (χ1n) is 6.23. The molecule has 0 unspecified atom stereocenters. The lowest BCUT2D eigenvalue weighted by molar-refractivity contribution is -0.119. The number of aryl methyl sites for hydroxylation is 1. The van der Waals surface area contributed by atoms with Crippen molar-refractivity contribution < 1.29 is 4.79 Å². The molecule has 0 saturated heterocycles. The summed E-state index contributed by atoms with van der Waals surface area (Å²) in [6, 6.07) is 5.85. The quantitative estimate of drug-likeness (QED) is 0.850. The van der Waals surface area contributed by atoms with Crippen LogP contribution in [0.15, 0.2) is 30.6 Å². The number of carbonyl (C=O) groups is 1. The van der Waals surface area contributed by atoms with E-state index in [0.29, 0.717) is 0 Å². The van der Waals surface area contributed by atoms with Crippen LogP contribution in [0.4, 0.5) is 5.69 Å². The standard InChI is InChI=1S/C15H15N3O/c1-9-4-5-10(7-16-9)12-6-13-11(8-17-12)15(2,3)14(19)18-13/h4-8H,1-3H3,(H,18,19). The molecule has 3 rings (SSSR count). The molecule has 19 heavy (non-hydrogen) atoms. The fourth-order valence-corrected chi connectivity index (χ4v) is 2.23. The van der Waals surface area contributed by atoms with Gasteiger partial charge < -0.3 is 5.32 Å². The molecule has 0 radical (unpaired) electrons. The van der Waals surface area contributed by atoms with Crippen LogP contribution in [0.1, 0.15) is 25.1 Å². The normalized spacial score (nSPS) is 16.1. The summed E-state index contributed by atoms with van der Waals surface area (Å²) in [7, 11) is 0. The molecule has 2 aromatic heterocycles. The van der Waals surface area contributed by atoms with Crippen molar-refractivity contribution in [3.8, 4) is 11.3 Å². The van der Waals surface area contributed by atoms with Gasteiger partial charge in [0.25, 0.3) is 0 Å². The largest absolute Gasteiger partial charge is 0.325 e.